The van der Waals surface area contributed by atoms with Crippen molar-refractivity contribution in [1.82, 2.24) is 5.32 Å². The number of imide groups is 1. The van der Waals surface area contributed by atoms with E-state index in [1.54, 1.807) is 30.3 Å². The van der Waals surface area contributed by atoms with E-state index in [0.717, 1.165) is 5.56 Å². The highest BCUT2D eigenvalue weighted by Crippen LogP contribution is 2.24. The zero-order valence-electron chi connectivity index (χ0n) is 14.4. The Kier molecular flexibility index (Phi) is 4.99. The second-order valence-corrected chi connectivity index (χ2v) is 6.18. The molecule has 7 nitrogen and oxygen atoms in total. The van der Waals surface area contributed by atoms with Gasteiger partial charge in [-0.2, -0.15) is 0 Å². The maximum atomic E-state index is 12.6. The lowest BCUT2D eigenvalue weighted by molar-refractivity contribution is -0.121. The third-order valence-corrected chi connectivity index (χ3v) is 4.10. The molecule has 134 valence electrons. The molecule has 26 heavy (non-hydrogen) atoms. The average molecular weight is 352 g/mol. The molecule has 2 aromatic carbocycles. The molecule has 1 aliphatic heterocycles. The van der Waals surface area contributed by atoms with Crippen molar-refractivity contribution in [2.24, 2.45) is 0 Å². The Labute approximate surface area is 151 Å². The number of carbonyl (C=O) groups is 3. The van der Waals surface area contributed by atoms with Crippen molar-refractivity contribution in [3.05, 3.63) is 54.1 Å². The van der Waals surface area contributed by atoms with Gasteiger partial charge in [0, 0.05) is 24.8 Å². The van der Waals surface area contributed by atoms with Crippen LogP contribution < -0.4 is 21.3 Å². The number of benzene rings is 2. The van der Waals surface area contributed by atoms with E-state index in [0.29, 0.717) is 23.6 Å². The molecule has 3 rings (SSSR count). The lowest BCUT2D eigenvalue weighted by Crippen LogP contribution is -2.38. The van der Waals surface area contributed by atoms with Crippen LogP contribution in [0.25, 0.3) is 0 Å². The van der Waals surface area contributed by atoms with Crippen LogP contribution in [0, 0.1) is 0 Å². The van der Waals surface area contributed by atoms with Crippen LogP contribution in [0.5, 0.6) is 0 Å². The second kappa shape index (κ2) is 7.37. The summed E-state index contributed by atoms with van der Waals surface area (Å²) in [5.41, 5.74) is 8.44. The number of amides is 3. The Morgan fingerprint density at radius 3 is 2.58 bits per heavy atom. The first-order valence-corrected chi connectivity index (χ1v) is 8.26. The van der Waals surface area contributed by atoms with Crippen molar-refractivity contribution in [2.45, 2.75) is 25.9 Å². The molecule has 1 aliphatic rings. The Morgan fingerprint density at radius 1 is 1.19 bits per heavy atom. The molecule has 0 aromatic heterocycles. The van der Waals surface area contributed by atoms with Crippen LogP contribution in [-0.2, 0) is 20.9 Å². The van der Waals surface area contributed by atoms with Gasteiger partial charge < -0.3 is 16.4 Å². The van der Waals surface area contributed by atoms with Gasteiger partial charge >= 0.3 is 0 Å². The summed E-state index contributed by atoms with van der Waals surface area (Å²) in [6, 6.07) is 13.4. The minimum atomic E-state index is -0.570. The van der Waals surface area contributed by atoms with Crippen LogP contribution in [0.4, 0.5) is 17.1 Å². The zero-order valence-corrected chi connectivity index (χ0v) is 14.4. The van der Waals surface area contributed by atoms with Gasteiger partial charge in [-0.05, 0) is 42.0 Å². The zero-order chi connectivity index (χ0) is 18.7. The highest BCUT2D eigenvalue weighted by Gasteiger charge is 2.39. The van der Waals surface area contributed by atoms with E-state index >= 15 is 0 Å². The molecule has 0 spiro atoms. The molecule has 0 bridgehead atoms. The van der Waals surface area contributed by atoms with Gasteiger partial charge in [-0.3, -0.25) is 14.4 Å². The minimum absolute atomic E-state index is 0.106. The van der Waals surface area contributed by atoms with E-state index in [-0.39, 0.29) is 24.1 Å². The van der Waals surface area contributed by atoms with Crippen LogP contribution in [0.2, 0.25) is 0 Å². The summed E-state index contributed by atoms with van der Waals surface area (Å²) < 4.78 is 0. The lowest BCUT2D eigenvalue weighted by Gasteiger charge is -2.16. The number of hydrogen-bond donors (Lipinski definition) is 3. The molecular formula is C19H20N4O3. The molecule has 4 N–H and O–H groups in total. The SMILES string of the molecule is CC(=O)Nc1ccc(N2C(=O)CC(NCc3cccc(N)c3)C2=O)cc1. The molecule has 0 radical (unpaired) electrons. The fourth-order valence-corrected chi connectivity index (χ4v) is 2.90. The maximum Gasteiger partial charge on any atom is 0.251 e. The van der Waals surface area contributed by atoms with E-state index < -0.39 is 6.04 Å². The molecule has 3 amide bonds. The van der Waals surface area contributed by atoms with Gasteiger partial charge in [0.2, 0.25) is 11.8 Å². The summed E-state index contributed by atoms with van der Waals surface area (Å²) in [5.74, 6) is -0.726. The van der Waals surface area contributed by atoms with E-state index in [2.05, 4.69) is 10.6 Å². The van der Waals surface area contributed by atoms with E-state index in [1.807, 2.05) is 18.2 Å². The number of nitrogens with zero attached hydrogens (tertiary/aromatic N) is 1. The van der Waals surface area contributed by atoms with Crippen molar-refractivity contribution in [3.8, 4) is 0 Å². The molecule has 0 saturated carbocycles. The number of rotatable bonds is 5. The molecule has 1 heterocycles. The third kappa shape index (κ3) is 3.89. The summed E-state index contributed by atoms with van der Waals surface area (Å²) in [5, 5.41) is 5.76. The number of nitrogen functional groups attached to an aromatic ring is 1. The number of anilines is 3. The predicted molar refractivity (Wildman–Crippen MR) is 99.3 cm³/mol. The van der Waals surface area contributed by atoms with Crippen molar-refractivity contribution in [1.29, 1.82) is 0 Å². The standard InChI is InChI=1S/C19H20N4O3/c1-12(24)22-15-5-7-16(8-6-15)23-18(25)10-17(19(23)26)21-11-13-3-2-4-14(20)9-13/h2-9,17,21H,10-11,20H2,1H3,(H,22,24). The largest absolute Gasteiger partial charge is 0.399 e. The van der Waals surface area contributed by atoms with Gasteiger partial charge in [-0.1, -0.05) is 12.1 Å². The van der Waals surface area contributed by atoms with E-state index in [4.69, 9.17) is 5.73 Å². The van der Waals surface area contributed by atoms with Gasteiger partial charge in [0.1, 0.15) is 0 Å². The Morgan fingerprint density at radius 2 is 1.92 bits per heavy atom. The average Bonchev–Trinajstić information content (AvgIpc) is 2.87. The van der Waals surface area contributed by atoms with Crippen molar-refractivity contribution < 1.29 is 14.4 Å². The Hall–Kier alpha value is -3.19. The highest BCUT2D eigenvalue weighted by atomic mass is 16.2. The number of nitrogens with one attached hydrogen (secondary N) is 2. The van der Waals surface area contributed by atoms with Gasteiger partial charge in [0.15, 0.2) is 0 Å². The normalized spacial score (nSPS) is 16.8. The fourth-order valence-electron chi connectivity index (χ4n) is 2.90. The smallest absolute Gasteiger partial charge is 0.251 e. The predicted octanol–water partition coefficient (Wildman–Crippen LogP) is 1.65. The monoisotopic (exact) mass is 352 g/mol. The molecule has 1 unspecified atom stereocenters. The maximum absolute atomic E-state index is 12.6. The molecule has 0 aliphatic carbocycles. The number of carbonyl (C=O) groups excluding carboxylic acids is 3. The molecular weight excluding hydrogens is 332 g/mol. The Balaban J connectivity index is 1.67. The first-order valence-electron chi connectivity index (χ1n) is 8.26. The van der Waals surface area contributed by atoms with E-state index in [1.165, 1.54) is 11.8 Å². The topological polar surface area (TPSA) is 105 Å². The first-order chi connectivity index (χ1) is 12.4. The summed E-state index contributed by atoms with van der Waals surface area (Å²) in [4.78, 5) is 37.2. The second-order valence-electron chi connectivity index (χ2n) is 6.18. The third-order valence-electron chi connectivity index (χ3n) is 4.10. The first kappa shape index (κ1) is 17.6. The molecule has 2 aromatic rings. The summed E-state index contributed by atoms with van der Waals surface area (Å²) in [7, 11) is 0. The van der Waals surface area contributed by atoms with Crippen molar-refractivity contribution in [3.63, 3.8) is 0 Å². The molecule has 1 saturated heterocycles. The van der Waals surface area contributed by atoms with Crippen molar-refractivity contribution in [2.75, 3.05) is 16.0 Å². The molecule has 1 fully saturated rings. The van der Waals surface area contributed by atoms with Gasteiger partial charge in [0.05, 0.1) is 18.2 Å². The van der Waals surface area contributed by atoms with Crippen LogP contribution in [0.3, 0.4) is 0 Å². The van der Waals surface area contributed by atoms with Crippen molar-refractivity contribution >= 4 is 34.8 Å². The number of nitrogens with two attached hydrogens (primary N) is 1. The van der Waals surface area contributed by atoms with Gasteiger partial charge in [0.25, 0.3) is 5.91 Å². The van der Waals surface area contributed by atoms with Crippen LogP contribution in [0.15, 0.2) is 48.5 Å². The number of hydrogen-bond acceptors (Lipinski definition) is 5. The van der Waals surface area contributed by atoms with Crippen LogP contribution >= 0.6 is 0 Å². The summed E-state index contributed by atoms with van der Waals surface area (Å²) in [6.45, 7) is 1.86. The van der Waals surface area contributed by atoms with Gasteiger partial charge in [-0.25, -0.2) is 4.90 Å². The summed E-state index contributed by atoms with van der Waals surface area (Å²) >= 11 is 0. The van der Waals surface area contributed by atoms with Gasteiger partial charge in [-0.15, -0.1) is 0 Å². The lowest BCUT2D eigenvalue weighted by atomic mass is 10.2. The fraction of sp³-hybridized carbons (Fsp3) is 0.211. The minimum Gasteiger partial charge on any atom is -0.399 e. The molecule has 7 heteroatoms. The quantitative estimate of drug-likeness (QED) is 0.561. The Bertz CT molecular complexity index is 848. The molecule has 1 atom stereocenters. The van der Waals surface area contributed by atoms with E-state index in [9.17, 15) is 14.4 Å². The summed E-state index contributed by atoms with van der Waals surface area (Å²) in [6.07, 6.45) is 0.106. The van der Waals surface area contributed by atoms with Crippen LogP contribution in [0.1, 0.15) is 18.9 Å². The van der Waals surface area contributed by atoms with Crippen LogP contribution in [-0.4, -0.2) is 23.8 Å². The highest BCUT2D eigenvalue weighted by molar-refractivity contribution is 6.22.